The van der Waals surface area contributed by atoms with Crippen molar-refractivity contribution in [2.75, 3.05) is 25.3 Å². The van der Waals surface area contributed by atoms with E-state index in [0.29, 0.717) is 28.3 Å². The molecular weight excluding hydrogens is 405 g/mol. The van der Waals surface area contributed by atoms with Gasteiger partial charge in [-0.05, 0) is 60.7 Å². The SMILES string of the molecule is COc1ccc(C(=O)Nc2cccc(SCC(=O)c3ccc(F)cc3)c2)cc1OC. The van der Waals surface area contributed by atoms with Gasteiger partial charge in [-0.3, -0.25) is 9.59 Å². The monoisotopic (exact) mass is 425 g/mol. The van der Waals surface area contributed by atoms with Gasteiger partial charge in [-0.2, -0.15) is 0 Å². The normalized spacial score (nSPS) is 10.4. The first-order valence-electron chi connectivity index (χ1n) is 9.05. The van der Waals surface area contributed by atoms with Gasteiger partial charge in [0.25, 0.3) is 5.91 Å². The summed E-state index contributed by atoms with van der Waals surface area (Å²) in [6.07, 6.45) is 0. The number of carbonyl (C=O) groups excluding carboxylic acids is 2. The highest BCUT2D eigenvalue weighted by molar-refractivity contribution is 8.00. The van der Waals surface area contributed by atoms with E-state index in [1.165, 1.54) is 50.2 Å². The number of hydrogen-bond acceptors (Lipinski definition) is 5. The minimum atomic E-state index is -0.378. The average Bonchev–Trinajstić information content (AvgIpc) is 2.77. The van der Waals surface area contributed by atoms with Crippen molar-refractivity contribution in [3.63, 3.8) is 0 Å². The quantitative estimate of drug-likeness (QED) is 0.403. The average molecular weight is 425 g/mol. The Labute approximate surface area is 178 Å². The topological polar surface area (TPSA) is 64.6 Å². The zero-order valence-electron chi connectivity index (χ0n) is 16.5. The molecule has 0 saturated heterocycles. The van der Waals surface area contributed by atoms with E-state index in [1.54, 1.807) is 36.4 Å². The molecule has 0 saturated carbocycles. The lowest BCUT2D eigenvalue weighted by Crippen LogP contribution is -2.12. The van der Waals surface area contributed by atoms with E-state index in [4.69, 9.17) is 9.47 Å². The Morgan fingerprint density at radius 3 is 2.30 bits per heavy atom. The molecular formula is C23H20FNO4S. The van der Waals surface area contributed by atoms with Crippen LogP contribution >= 0.6 is 11.8 Å². The summed E-state index contributed by atoms with van der Waals surface area (Å²) in [7, 11) is 3.04. The van der Waals surface area contributed by atoms with Crippen LogP contribution in [0.15, 0.2) is 71.6 Å². The predicted molar refractivity (Wildman–Crippen MR) is 115 cm³/mol. The maximum atomic E-state index is 13.0. The Kier molecular flexibility index (Phi) is 7.08. The van der Waals surface area contributed by atoms with Crippen molar-refractivity contribution < 1.29 is 23.5 Å². The molecule has 0 radical (unpaired) electrons. The molecule has 0 atom stereocenters. The minimum absolute atomic E-state index is 0.0974. The number of ether oxygens (including phenoxy) is 2. The van der Waals surface area contributed by atoms with Crippen molar-refractivity contribution in [2.45, 2.75) is 4.90 Å². The Hall–Kier alpha value is -3.32. The van der Waals surface area contributed by atoms with E-state index in [9.17, 15) is 14.0 Å². The minimum Gasteiger partial charge on any atom is -0.493 e. The lowest BCUT2D eigenvalue weighted by molar-refractivity contribution is 0.101. The van der Waals surface area contributed by atoms with Crippen LogP contribution in [0.1, 0.15) is 20.7 Å². The second-order valence-electron chi connectivity index (χ2n) is 6.27. The highest BCUT2D eigenvalue weighted by Crippen LogP contribution is 2.28. The van der Waals surface area contributed by atoms with Crippen molar-refractivity contribution >= 4 is 29.1 Å². The summed E-state index contributed by atoms with van der Waals surface area (Å²) < 4.78 is 23.4. The number of halogens is 1. The van der Waals surface area contributed by atoms with Crippen LogP contribution in [0.25, 0.3) is 0 Å². The van der Waals surface area contributed by atoms with Gasteiger partial charge < -0.3 is 14.8 Å². The smallest absolute Gasteiger partial charge is 0.255 e. The molecule has 154 valence electrons. The number of anilines is 1. The Bertz CT molecular complexity index is 1050. The highest BCUT2D eigenvalue weighted by atomic mass is 32.2. The van der Waals surface area contributed by atoms with Crippen molar-refractivity contribution in [2.24, 2.45) is 0 Å². The summed E-state index contributed by atoms with van der Waals surface area (Å²) in [4.78, 5) is 25.7. The van der Waals surface area contributed by atoms with Gasteiger partial charge in [0.1, 0.15) is 5.82 Å². The number of carbonyl (C=O) groups is 2. The fraction of sp³-hybridized carbons (Fsp3) is 0.130. The van der Waals surface area contributed by atoms with Gasteiger partial charge in [-0.15, -0.1) is 11.8 Å². The predicted octanol–water partition coefficient (Wildman–Crippen LogP) is 5.07. The van der Waals surface area contributed by atoms with Crippen molar-refractivity contribution in [3.8, 4) is 11.5 Å². The van der Waals surface area contributed by atoms with Crippen LogP contribution in [0.3, 0.4) is 0 Å². The summed E-state index contributed by atoms with van der Waals surface area (Å²) in [5, 5.41) is 2.84. The zero-order chi connectivity index (χ0) is 21.5. The molecule has 0 unspecified atom stereocenters. The number of ketones is 1. The molecule has 3 aromatic rings. The third-order valence-electron chi connectivity index (χ3n) is 4.27. The van der Waals surface area contributed by atoms with Gasteiger partial charge in [-0.25, -0.2) is 4.39 Å². The van der Waals surface area contributed by atoms with Gasteiger partial charge in [-0.1, -0.05) is 6.07 Å². The van der Waals surface area contributed by atoms with E-state index in [0.717, 1.165) is 4.90 Å². The highest BCUT2D eigenvalue weighted by Gasteiger charge is 2.12. The zero-order valence-corrected chi connectivity index (χ0v) is 17.3. The maximum Gasteiger partial charge on any atom is 0.255 e. The van der Waals surface area contributed by atoms with Gasteiger partial charge >= 0.3 is 0 Å². The molecule has 7 heteroatoms. The molecule has 0 aliphatic carbocycles. The number of thioether (sulfide) groups is 1. The van der Waals surface area contributed by atoms with E-state index in [1.807, 2.05) is 6.07 Å². The van der Waals surface area contributed by atoms with Crippen LogP contribution < -0.4 is 14.8 Å². The second kappa shape index (κ2) is 9.93. The van der Waals surface area contributed by atoms with Crippen LogP contribution in [0, 0.1) is 5.82 Å². The molecule has 0 aromatic heterocycles. The molecule has 3 rings (SSSR count). The molecule has 30 heavy (non-hydrogen) atoms. The number of rotatable bonds is 8. The fourth-order valence-electron chi connectivity index (χ4n) is 2.71. The van der Waals surface area contributed by atoms with Crippen LogP contribution in [0.4, 0.5) is 10.1 Å². The standard InChI is InChI=1S/C23H20FNO4S/c1-28-21-11-8-16(12-22(21)29-2)23(27)25-18-4-3-5-19(13-18)30-14-20(26)15-6-9-17(24)10-7-15/h3-13H,14H2,1-2H3,(H,25,27). The van der Waals surface area contributed by atoms with Gasteiger partial charge in [0.05, 0.1) is 20.0 Å². The van der Waals surface area contributed by atoms with Gasteiger partial charge in [0.2, 0.25) is 0 Å². The number of benzene rings is 3. The number of nitrogens with one attached hydrogen (secondary N) is 1. The Morgan fingerprint density at radius 1 is 0.900 bits per heavy atom. The summed E-state index contributed by atoms with van der Waals surface area (Å²) in [6, 6.07) is 17.6. The van der Waals surface area contributed by atoms with Crippen LogP contribution in [0.2, 0.25) is 0 Å². The van der Waals surface area contributed by atoms with Crippen LogP contribution in [0.5, 0.6) is 11.5 Å². The maximum absolute atomic E-state index is 13.0. The van der Waals surface area contributed by atoms with Crippen LogP contribution in [-0.4, -0.2) is 31.7 Å². The summed E-state index contributed by atoms with van der Waals surface area (Å²) >= 11 is 1.34. The molecule has 0 bridgehead atoms. The largest absolute Gasteiger partial charge is 0.493 e. The number of Topliss-reactive ketones (excluding diaryl/α,β-unsaturated/α-hetero) is 1. The molecule has 0 heterocycles. The molecule has 3 aromatic carbocycles. The van der Waals surface area contributed by atoms with Gasteiger partial charge in [0, 0.05) is 21.7 Å². The third-order valence-corrected chi connectivity index (χ3v) is 5.27. The molecule has 1 N–H and O–H groups in total. The van der Waals surface area contributed by atoms with Crippen LogP contribution in [-0.2, 0) is 0 Å². The molecule has 5 nitrogen and oxygen atoms in total. The Balaban J connectivity index is 1.64. The summed E-state index contributed by atoms with van der Waals surface area (Å²) in [5.41, 5.74) is 1.49. The van der Waals surface area contributed by atoms with Crippen molar-refractivity contribution in [3.05, 3.63) is 83.7 Å². The van der Waals surface area contributed by atoms with Gasteiger partial charge in [0.15, 0.2) is 17.3 Å². The molecule has 0 aliphatic rings. The number of amides is 1. The lowest BCUT2D eigenvalue weighted by Gasteiger charge is -2.10. The first-order chi connectivity index (χ1) is 14.5. The lowest BCUT2D eigenvalue weighted by atomic mass is 10.1. The number of hydrogen-bond donors (Lipinski definition) is 1. The molecule has 0 spiro atoms. The Morgan fingerprint density at radius 2 is 1.60 bits per heavy atom. The van der Waals surface area contributed by atoms with E-state index in [-0.39, 0.29) is 23.3 Å². The first kappa shape index (κ1) is 21.4. The van der Waals surface area contributed by atoms with E-state index in [2.05, 4.69) is 5.32 Å². The first-order valence-corrected chi connectivity index (χ1v) is 10.0. The van der Waals surface area contributed by atoms with E-state index < -0.39 is 0 Å². The van der Waals surface area contributed by atoms with Crippen molar-refractivity contribution in [1.29, 1.82) is 0 Å². The van der Waals surface area contributed by atoms with Crippen molar-refractivity contribution in [1.82, 2.24) is 0 Å². The molecule has 0 fully saturated rings. The fourth-order valence-corrected chi connectivity index (χ4v) is 3.56. The third kappa shape index (κ3) is 5.39. The van der Waals surface area contributed by atoms with E-state index >= 15 is 0 Å². The summed E-state index contributed by atoms with van der Waals surface area (Å²) in [6.45, 7) is 0. The second-order valence-corrected chi connectivity index (χ2v) is 7.32. The molecule has 1 amide bonds. The molecule has 0 aliphatic heterocycles. The number of methoxy groups -OCH3 is 2. The summed E-state index contributed by atoms with van der Waals surface area (Å²) in [5.74, 6) is 0.447.